The van der Waals surface area contributed by atoms with Gasteiger partial charge >= 0.3 is 0 Å². The van der Waals surface area contributed by atoms with Crippen molar-refractivity contribution in [1.82, 2.24) is 24.4 Å². The van der Waals surface area contributed by atoms with Crippen LogP contribution in [0.25, 0.3) is 11.4 Å². The van der Waals surface area contributed by atoms with Gasteiger partial charge in [-0.25, -0.2) is 15.0 Å². The maximum absolute atomic E-state index is 4.75. The molecule has 3 heterocycles. The third kappa shape index (κ3) is 3.29. The lowest BCUT2D eigenvalue weighted by molar-refractivity contribution is 0.166. The molecular formula is C18H27N5. The maximum atomic E-state index is 4.75. The van der Waals surface area contributed by atoms with E-state index in [0.717, 1.165) is 29.6 Å². The van der Waals surface area contributed by atoms with Crippen LogP contribution in [0, 0.1) is 13.8 Å². The molecule has 0 aromatic carbocycles. The van der Waals surface area contributed by atoms with E-state index >= 15 is 0 Å². The summed E-state index contributed by atoms with van der Waals surface area (Å²) in [5.74, 6) is 2.35. The number of piperidine rings is 1. The minimum Gasteiger partial charge on any atom is -0.330 e. The third-order valence-electron chi connectivity index (χ3n) is 4.94. The molecule has 0 radical (unpaired) electrons. The second kappa shape index (κ2) is 6.40. The average Bonchev–Trinajstić information content (AvgIpc) is 2.86. The van der Waals surface area contributed by atoms with Crippen LogP contribution in [0.5, 0.6) is 0 Å². The van der Waals surface area contributed by atoms with Crippen molar-refractivity contribution < 1.29 is 0 Å². The van der Waals surface area contributed by atoms with Gasteiger partial charge in [-0.05, 0) is 53.1 Å². The van der Waals surface area contributed by atoms with Crippen molar-refractivity contribution >= 4 is 0 Å². The largest absolute Gasteiger partial charge is 0.330 e. The van der Waals surface area contributed by atoms with Crippen molar-refractivity contribution in [2.45, 2.75) is 52.5 Å². The highest BCUT2D eigenvalue weighted by Gasteiger charge is 2.25. The van der Waals surface area contributed by atoms with Gasteiger partial charge in [0.2, 0.25) is 0 Å². The van der Waals surface area contributed by atoms with E-state index in [1.165, 1.54) is 25.1 Å². The molecule has 0 spiro atoms. The lowest BCUT2D eigenvalue weighted by Crippen LogP contribution is -2.39. The second-order valence-corrected chi connectivity index (χ2v) is 6.90. The van der Waals surface area contributed by atoms with Crippen molar-refractivity contribution in [2.75, 3.05) is 13.1 Å². The molecule has 0 aliphatic carbocycles. The Labute approximate surface area is 138 Å². The molecule has 1 aliphatic rings. The van der Waals surface area contributed by atoms with Gasteiger partial charge in [0.15, 0.2) is 0 Å². The molecule has 2 aromatic heterocycles. The number of likely N-dealkylation sites (tertiary alicyclic amines) is 1. The van der Waals surface area contributed by atoms with E-state index in [-0.39, 0.29) is 0 Å². The zero-order chi connectivity index (χ0) is 16.6. The first-order valence-corrected chi connectivity index (χ1v) is 8.54. The van der Waals surface area contributed by atoms with Gasteiger partial charge in [0, 0.05) is 31.2 Å². The molecule has 124 valence electrons. The molecule has 0 N–H and O–H groups in total. The van der Waals surface area contributed by atoms with Gasteiger partial charge in [-0.15, -0.1) is 0 Å². The quantitative estimate of drug-likeness (QED) is 0.873. The van der Waals surface area contributed by atoms with Gasteiger partial charge in [0.05, 0.1) is 17.6 Å². The van der Waals surface area contributed by atoms with Gasteiger partial charge in [0.25, 0.3) is 0 Å². The van der Waals surface area contributed by atoms with Crippen LogP contribution >= 0.6 is 0 Å². The van der Waals surface area contributed by atoms with Crippen molar-refractivity contribution in [3.05, 3.63) is 29.6 Å². The topological polar surface area (TPSA) is 46.8 Å². The third-order valence-corrected chi connectivity index (χ3v) is 4.94. The molecule has 1 fully saturated rings. The van der Waals surface area contributed by atoms with E-state index in [4.69, 9.17) is 4.98 Å². The highest BCUT2D eigenvalue weighted by Crippen LogP contribution is 2.29. The van der Waals surface area contributed by atoms with Crippen LogP contribution in [0.4, 0.5) is 0 Å². The Bertz CT molecular complexity index is 689. The van der Waals surface area contributed by atoms with E-state index in [1.807, 2.05) is 27.1 Å². The molecule has 1 aliphatic heterocycles. The lowest BCUT2D eigenvalue weighted by Gasteiger charge is -2.35. The molecule has 1 atom stereocenters. The summed E-state index contributed by atoms with van der Waals surface area (Å²) >= 11 is 0. The predicted octanol–water partition coefficient (Wildman–Crippen LogP) is 3.08. The zero-order valence-electron chi connectivity index (χ0n) is 14.9. The van der Waals surface area contributed by atoms with Gasteiger partial charge < -0.3 is 9.47 Å². The fraction of sp³-hybridized carbons (Fsp3) is 0.611. The summed E-state index contributed by atoms with van der Waals surface area (Å²) in [4.78, 5) is 16.3. The summed E-state index contributed by atoms with van der Waals surface area (Å²) in [7, 11) is 2.04. The van der Waals surface area contributed by atoms with Gasteiger partial charge in [-0.3, -0.25) is 0 Å². The molecule has 0 saturated carbocycles. The molecule has 5 nitrogen and oxygen atoms in total. The number of hydrogen-bond donors (Lipinski definition) is 0. The molecule has 0 amide bonds. The number of aryl methyl sites for hydroxylation is 2. The normalized spacial score (nSPS) is 19.5. The van der Waals surface area contributed by atoms with Crippen molar-refractivity contribution in [1.29, 1.82) is 0 Å². The van der Waals surface area contributed by atoms with Crippen molar-refractivity contribution in [3.63, 3.8) is 0 Å². The first kappa shape index (κ1) is 16.1. The summed E-state index contributed by atoms with van der Waals surface area (Å²) in [5.41, 5.74) is 3.22. The molecule has 0 bridgehead atoms. The number of nitrogens with zero attached hydrogens (tertiary/aromatic N) is 5. The SMILES string of the molecule is Cc1nc(-c2cnc(C)n2C)cc(C2CCCN(C(C)C)C2)n1. The fourth-order valence-corrected chi connectivity index (χ4v) is 3.39. The monoisotopic (exact) mass is 313 g/mol. The molecule has 1 saturated heterocycles. The molecule has 2 aromatic rings. The molecule has 5 heteroatoms. The molecule has 3 rings (SSSR count). The van der Waals surface area contributed by atoms with E-state index in [9.17, 15) is 0 Å². The Kier molecular flexibility index (Phi) is 4.48. The van der Waals surface area contributed by atoms with Gasteiger partial charge in [-0.1, -0.05) is 0 Å². The standard InChI is InChI=1S/C18H27N5/c1-12(2)23-8-6-7-15(11-23)16-9-17(21-13(3)20-16)18-10-19-14(4)22(18)5/h9-10,12,15H,6-8,11H2,1-5H3. The summed E-state index contributed by atoms with van der Waals surface area (Å²) in [6.07, 6.45) is 4.36. The summed E-state index contributed by atoms with van der Waals surface area (Å²) in [6, 6.07) is 2.76. The first-order chi connectivity index (χ1) is 11.0. The van der Waals surface area contributed by atoms with E-state index in [0.29, 0.717) is 12.0 Å². The fourth-order valence-electron chi connectivity index (χ4n) is 3.39. The van der Waals surface area contributed by atoms with Crippen LogP contribution in [-0.4, -0.2) is 43.6 Å². The second-order valence-electron chi connectivity index (χ2n) is 6.90. The van der Waals surface area contributed by atoms with E-state index in [2.05, 4.69) is 39.3 Å². The summed E-state index contributed by atoms with van der Waals surface area (Å²) in [6.45, 7) is 10.8. The van der Waals surface area contributed by atoms with Crippen LogP contribution in [0.15, 0.2) is 12.3 Å². The average molecular weight is 313 g/mol. The summed E-state index contributed by atoms with van der Waals surface area (Å²) in [5, 5.41) is 0. The van der Waals surface area contributed by atoms with Crippen LogP contribution in [-0.2, 0) is 7.05 Å². The summed E-state index contributed by atoms with van der Waals surface area (Å²) < 4.78 is 2.09. The van der Waals surface area contributed by atoms with E-state index in [1.54, 1.807) is 0 Å². The van der Waals surface area contributed by atoms with Crippen LogP contribution in [0.1, 0.15) is 49.9 Å². The van der Waals surface area contributed by atoms with Gasteiger partial charge in [-0.2, -0.15) is 0 Å². The van der Waals surface area contributed by atoms with E-state index < -0.39 is 0 Å². The smallest absolute Gasteiger partial charge is 0.126 e. The van der Waals surface area contributed by atoms with Gasteiger partial charge in [0.1, 0.15) is 11.6 Å². The van der Waals surface area contributed by atoms with Crippen LogP contribution in [0.2, 0.25) is 0 Å². The first-order valence-electron chi connectivity index (χ1n) is 8.54. The number of rotatable bonds is 3. The Morgan fingerprint density at radius 1 is 1.22 bits per heavy atom. The van der Waals surface area contributed by atoms with Crippen molar-refractivity contribution in [3.8, 4) is 11.4 Å². The predicted molar refractivity (Wildman–Crippen MR) is 92.4 cm³/mol. The van der Waals surface area contributed by atoms with Crippen LogP contribution in [0.3, 0.4) is 0 Å². The van der Waals surface area contributed by atoms with Crippen molar-refractivity contribution in [2.24, 2.45) is 7.05 Å². The number of aromatic nitrogens is 4. The minimum atomic E-state index is 0.501. The zero-order valence-corrected chi connectivity index (χ0v) is 14.9. The highest BCUT2D eigenvalue weighted by molar-refractivity contribution is 5.55. The minimum absolute atomic E-state index is 0.501. The lowest BCUT2D eigenvalue weighted by atomic mass is 9.93. The Balaban J connectivity index is 1.93. The van der Waals surface area contributed by atoms with Crippen LogP contribution < -0.4 is 0 Å². The molecular weight excluding hydrogens is 286 g/mol. The highest BCUT2D eigenvalue weighted by atomic mass is 15.2. The Hall–Kier alpha value is -1.75. The molecule has 23 heavy (non-hydrogen) atoms. The number of imidazole rings is 1. The number of hydrogen-bond acceptors (Lipinski definition) is 4. The Morgan fingerprint density at radius 3 is 2.65 bits per heavy atom. The Morgan fingerprint density at radius 2 is 2.00 bits per heavy atom. The maximum Gasteiger partial charge on any atom is 0.126 e. The molecule has 1 unspecified atom stereocenters.